The monoisotopic (exact) mass is 458 g/mol. The molecule has 0 spiro atoms. The number of nitriles is 2. The topological polar surface area (TPSA) is 47.6 Å². The molecule has 3 aromatic rings. The lowest BCUT2D eigenvalue weighted by Crippen LogP contribution is -1.85. The Hall–Kier alpha value is -2.08. The van der Waals surface area contributed by atoms with Gasteiger partial charge in [0.25, 0.3) is 0 Å². The van der Waals surface area contributed by atoms with Crippen LogP contribution in [0.3, 0.4) is 0 Å². The quantitative estimate of drug-likeness (QED) is 0.367. The second kappa shape index (κ2) is 12.5. The SMILES string of the molecule is Cc1cc(SCc2ccc(C#N)cc2)cc(SCc2ccc(C#N)cc2)c1.Cl.Cl. The first-order chi connectivity index (χ1) is 13.2. The molecule has 29 heavy (non-hydrogen) atoms. The van der Waals surface area contributed by atoms with Gasteiger partial charge in [-0.3, -0.25) is 0 Å². The maximum atomic E-state index is 8.88. The Morgan fingerprint density at radius 3 is 1.38 bits per heavy atom. The number of hydrogen-bond acceptors (Lipinski definition) is 4. The van der Waals surface area contributed by atoms with Crippen molar-refractivity contribution in [3.8, 4) is 12.1 Å². The summed E-state index contributed by atoms with van der Waals surface area (Å²) in [5, 5.41) is 17.8. The summed E-state index contributed by atoms with van der Waals surface area (Å²) in [6.07, 6.45) is 0. The summed E-state index contributed by atoms with van der Waals surface area (Å²) in [7, 11) is 0. The standard InChI is InChI=1S/C23H18N2S2.2ClH/c1-17-10-22(26-15-20-6-2-18(13-24)3-7-20)12-23(11-17)27-16-21-8-4-19(14-25)5-9-21;;/h2-12H,15-16H2,1H3;2*1H. The van der Waals surface area contributed by atoms with Crippen LogP contribution in [0, 0.1) is 29.6 Å². The number of aryl methyl sites for hydroxylation is 1. The van der Waals surface area contributed by atoms with E-state index in [9.17, 15) is 0 Å². The van der Waals surface area contributed by atoms with E-state index >= 15 is 0 Å². The lowest BCUT2D eigenvalue weighted by atomic mass is 10.2. The molecule has 0 N–H and O–H groups in total. The van der Waals surface area contributed by atoms with E-state index in [0.29, 0.717) is 11.1 Å². The summed E-state index contributed by atoms with van der Waals surface area (Å²) in [4.78, 5) is 2.50. The van der Waals surface area contributed by atoms with Crippen LogP contribution in [0.4, 0.5) is 0 Å². The smallest absolute Gasteiger partial charge is 0.0991 e. The minimum atomic E-state index is 0. The van der Waals surface area contributed by atoms with E-state index in [1.807, 2.05) is 72.1 Å². The summed E-state index contributed by atoms with van der Waals surface area (Å²) >= 11 is 3.62. The van der Waals surface area contributed by atoms with Crippen LogP contribution in [0.25, 0.3) is 0 Å². The average molecular weight is 459 g/mol. The Labute approximate surface area is 193 Å². The van der Waals surface area contributed by atoms with Gasteiger partial charge in [-0.1, -0.05) is 24.3 Å². The number of rotatable bonds is 6. The molecule has 3 aromatic carbocycles. The molecular formula is C23H20Cl2N2S2. The molecule has 0 heterocycles. The lowest BCUT2D eigenvalue weighted by molar-refractivity contribution is 1.25. The average Bonchev–Trinajstić information content (AvgIpc) is 2.71. The number of halogens is 2. The zero-order chi connectivity index (χ0) is 19.1. The summed E-state index contributed by atoms with van der Waals surface area (Å²) in [6, 6.07) is 26.5. The van der Waals surface area contributed by atoms with Gasteiger partial charge in [0, 0.05) is 21.3 Å². The normalized spacial score (nSPS) is 9.48. The molecule has 0 saturated heterocycles. The van der Waals surface area contributed by atoms with Gasteiger partial charge in [-0.05, 0) is 66.1 Å². The predicted octanol–water partition coefficient (Wildman–Crippen LogP) is 7.17. The zero-order valence-corrected chi connectivity index (χ0v) is 19.1. The van der Waals surface area contributed by atoms with Crippen molar-refractivity contribution in [2.45, 2.75) is 28.2 Å². The van der Waals surface area contributed by atoms with Gasteiger partial charge in [0.1, 0.15) is 0 Å². The maximum absolute atomic E-state index is 8.88. The van der Waals surface area contributed by atoms with Crippen molar-refractivity contribution >= 4 is 48.3 Å². The Morgan fingerprint density at radius 2 is 1.03 bits per heavy atom. The largest absolute Gasteiger partial charge is 0.192 e. The Bertz CT molecular complexity index is 925. The lowest BCUT2D eigenvalue weighted by Gasteiger charge is -2.08. The molecule has 0 aliphatic rings. The fourth-order valence-electron chi connectivity index (χ4n) is 2.57. The third-order valence-electron chi connectivity index (χ3n) is 4.00. The van der Waals surface area contributed by atoms with Crippen LogP contribution >= 0.6 is 48.3 Å². The van der Waals surface area contributed by atoms with Gasteiger partial charge in [0.15, 0.2) is 0 Å². The van der Waals surface area contributed by atoms with Crippen LogP contribution in [0.1, 0.15) is 27.8 Å². The molecule has 0 atom stereocenters. The first kappa shape index (κ1) is 25.0. The van der Waals surface area contributed by atoms with Crippen LogP contribution < -0.4 is 0 Å². The molecule has 6 heteroatoms. The predicted molar refractivity (Wildman–Crippen MR) is 127 cm³/mol. The van der Waals surface area contributed by atoms with Crippen molar-refractivity contribution in [2.75, 3.05) is 0 Å². The number of nitrogens with zero attached hydrogens (tertiary/aromatic N) is 2. The highest BCUT2D eigenvalue weighted by Gasteiger charge is 2.03. The molecule has 0 fully saturated rings. The molecule has 0 radical (unpaired) electrons. The summed E-state index contributed by atoms with van der Waals surface area (Å²) in [5.74, 6) is 1.77. The molecular weight excluding hydrogens is 439 g/mol. The second-order valence-corrected chi connectivity index (χ2v) is 8.27. The summed E-state index contributed by atoms with van der Waals surface area (Å²) in [6.45, 7) is 2.12. The van der Waals surface area contributed by atoms with Crippen molar-refractivity contribution in [2.24, 2.45) is 0 Å². The molecule has 3 rings (SSSR count). The molecule has 0 aliphatic carbocycles. The summed E-state index contributed by atoms with van der Waals surface area (Å²) < 4.78 is 0. The van der Waals surface area contributed by atoms with Crippen molar-refractivity contribution in [1.82, 2.24) is 0 Å². The van der Waals surface area contributed by atoms with Crippen molar-refractivity contribution in [1.29, 1.82) is 10.5 Å². The Balaban J connectivity index is 0.00000210. The van der Waals surface area contributed by atoms with Crippen LogP contribution in [0.5, 0.6) is 0 Å². The van der Waals surface area contributed by atoms with E-state index in [0.717, 1.165) is 11.5 Å². The maximum Gasteiger partial charge on any atom is 0.0991 e. The number of thioether (sulfide) groups is 2. The molecule has 0 saturated carbocycles. The fourth-order valence-corrected chi connectivity index (χ4v) is 4.65. The van der Waals surface area contributed by atoms with E-state index in [-0.39, 0.29) is 24.8 Å². The molecule has 0 unspecified atom stereocenters. The van der Waals surface area contributed by atoms with Crippen LogP contribution in [-0.2, 0) is 11.5 Å². The van der Waals surface area contributed by atoms with Crippen LogP contribution in [0.2, 0.25) is 0 Å². The second-order valence-electron chi connectivity index (χ2n) is 6.18. The van der Waals surface area contributed by atoms with E-state index in [1.54, 1.807) is 0 Å². The Morgan fingerprint density at radius 1 is 0.655 bits per heavy atom. The third kappa shape index (κ3) is 7.69. The fraction of sp³-hybridized carbons (Fsp3) is 0.130. The van der Waals surface area contributed by atoms with Gasteiger partial charge in [-0.25, -0.2) is 0 Å². The summed E-state index contributed by atoms with van der Waals surface area (Å²) in [5.41, 5.74) is 5.07. The first-order valence-electron chi connectivity index (χ1n) is 8.51. The zero-order valence-electron chi connectivity index (χ0n) is 15.8. The number of hydrogen-bond donors (Lipinski definition) is 0. The highest BCUT2D eigenvalue weighted by atomic mass is 35.5. The third-order valence-corrected chi connectivity index (χ3v) is 6.09. The van der Waals surface area contributed by atoms with Crippen LogP contribution in [-0.4, -0.2) is 0 Å². The molecule has 0 aliphatic heterocycles. The van der Waals surface area contributed by atoms with Gasteiger partial charge in [-0.15, -0.1) is 48.3 Å². The highest BCUT2D eigenvalue weighted by Crippen LogP contribution is 2.30. The van der Waals surface area contributed by atoms with E-state index in [1.165, 1.54) is 26.5 Å². The molecule has 2 nitrogen and oxygen atoms in total. The van der Waals surface area contributed by atoms with Gasteiger partial charge >= 0.3 is 0 Å². The van der Waals surface area contributed by atoms with E-state index in [2.05, 4.69) is 37.3 Å². The Kier molecular flexibility index (Phi) is 10.7. The highest BCUT2D eigenvalue weighted by molar-refractivity contribution is 7.99. The van der Waals surface area contributed by atoms with Gasteiger partial charge in [0.2, 0.25) is 0 Å². The molecule has 0 aromatic heterocycles. The van der Waals surface area contributed by atoms with E-state index in [4.69, 9.17) is 10.5 Å². The first-order valence-corrected chi connectivity index (χ1v) is 10.5. The van der Waals surface area contributed by atoms with E-state index < -0.39 is 0 Å². The van der Waals surface area contributed by atoms with Crippen LogP contribution in [0.15, 0.2) is 76.5 Å². The molecule has 0 amide bonds. The number of benzene rings is 3. The minimum Gasteiger partial charge on any atom is -0.192 e. The molecule has 0 bridgehead atoms. The van der Waals surface area contributed by atoms with Crippen molar-refractivity contribution in [3.63, 3.8) is 0 Å². The van der Waals surface area contributed by atoms with Gasteiger partial charge < -0.3 is 0 Å². The van der Waals surface area contributed by atoms with Crippen molar-refractivity contribution in [3.05, 3.63) is 94.5 Å². The minimum absolute atomic E-state index is 0. The van der Waals surface area contributed by atoms with Crippen molar-refractivity contribution < 1.29 is 0 Å². The van der Waals surface area contributed by atoms with Gasteiger partial charge in [0.05, 0.1) is 23.3 Å². The molecule has 148 valence electrons. The van der Waals surface area contributed by atoms with Gasteiger partial charge in [-0.2, -0.15) is 10.5 Å².